The molecule has 4 nitrogen and oxygen atoms in total. The van der Waals surface area contributed by atoms with E-state index in [1.165, 1.54) is 0 Å². The molecule has 1 saturated heterocycles. The van der Waals surface area contributed by atoms with Crippen LogP contribution >= 0.6 is 0 Å². The van der Waals surface area contributed by atoms with Crippen LogP contribution in [0.15, 0.2) is 35.6 Å². The summed E-state index contributed by atoms with van der Waals surface area (Å²) in [6.45, 7) is -0.847. The van der Waals surface area contributed by atoms with Crippen LogP contribution < -0.4 is 0 Å². The largest absolute Gasteiger partial charge is 0.374 e. The summed E-state index contributed by atoms with van der Waals surface area (Å²) in [7, 11) is 0. The molecule has 0 radical (unpaired) electrons. The van der Waals surface area contributed by atoms with Crippen LogP contribution in [0.4, 0.5) is 30.7 Å². The molecule has 1 aromatic carbocycles. The number of oxime groups is 1. The third kappa shape index (κ3) is 3.35. The van der Waals surface area contributed by atoms with Crippen LogP contribution in [0, 0.1) is 17.5 Å². The van der Waals surface area contributed by atoms with Gasteiger partial charge in [-0.25, -0.2) is 30.7 Å². The highest BCUT2D eigenvalue weighted by Crippen LogP contribution is 2.45. The molecule has 3 heterocycles. The molecule has 0 N–H and O–H groups in total. The number of hydrogen-bond donors (Lipinski definition) is 0. The van der Waals surface area contributed by atoms with Crippen molar-refractivity contribution in [2.45, 2.75) is 30.8 Å². The van der Waals surface area contributed by atoms with E-state index in [1.54, 1.807) is 0 Å². The van der Waals surface area contributed by atoms with Gasteiger partial charge in [0.15, 0.2) is 0 Å². The van der Waals surface area contributed by atoms with Gasteiger partial charge in [0.2, 0.25) is 5.60 Å². The standard InChI is InChI=1S/C19H14F7N3O/c20-10-6-11(15-12(21)2-1-3-13(15)22)16(27-8-10)19(17(23)24)7-14(28-30-19)29-5-4-18(25,26)9-29/h1-3,6,8,17H,4-5,7,9H2. The SMILES string of the molecule is Fc1cnc(C2(C(F)F)CC(N3CCC(F)(F)C3)=NO2)c(-c2c(F)cccc2F)c1. The van der Waals surface area contributed by atoms with E-state index in [0.29, 0.717) is 12.3 Å². The van der Waals surface area contributed by atoms with Gasteiger partial charge in [0, 0.05) is 18.5 Å². The Labute approximate surface area is 165 Å². The molecule has 1 atom stereocenters. The summed E-state index contributed by atoms with van der Waals surface area (Å²) in [5.41, 5.74) is -4.60. The highest BCUT2D eigenvalue weighted by atomic mass is 19.3. The Morgan fingerprint density at radius 2 is 1.80 bits per heavy atom. The maximum Gasteiger partial charge on any atom is 0.286 e. The molecule has 160 valence electrons. The number of amidine groups is 1. The molecule has 2 aliphatic rings. The van der Waals surface area contributed by atoms with Crippen molar-refractivity contribution in [1.82, 2.24) is 9.88 Å². The molecule has 0 amide bonds. The van der Waals surface area contributed by atoms with E-state index in [2.05, 4.69) is 10.1 Å². The molecule has 0 aliphatic carbocycles. The number of rotatable bonds is 3. The fourth-order valence-electron chi connectivity index (χ4n) is 3.63. The van der Waals surface area contributed by atoms with Crippen LogP contribution in [0.2, 0.25) is 0 Å². The predicted octanol–water partition coefficient (Wildman–Crippen LogP) is 4.70. The molecule has 11 heteroatoms. The monoisotopic (exact) mass is 433 g/mol. The summed E-state index contributed by atoms with van der Waals surface area (Å²) in [4.78, 5) is 9.74. The smallest absolute Gasteiger partial charge is 0.286 e. The Hall–Kier alpha value is -2.85. The van der Waals surface area contributed by atoms with Crippen molar-refractivity contribution in [3.63, 3.8) is 0 Å². The Morgan fingerprint density at radius 1 is 1.10 bits per heavy atom. The Balaban J connectivity index is 1.79. The van der Waals surface area contributed by atoms with Crippen molar-refractivity contribution in [2.24, 2.45) is 5.16 Å². The first-order valence-electron chi connectivity index (χ1n) is 8.89. The van der Waals surface area contributed by atoms with E-state index < -0.39 is 71.6 Å². The summed E-state index contributed by atoms with van der Waals surface area (Å²) in [5.74, 6) is -6.43. The molecule has 0 bridgehead atoms. The lowest BCUT2D eigenvalue weighted by Gasteiger charge is -2.28. The number of alkyl halides is 4. The summed E-state index contributed by atoms with van der Waals surface area (Å²) in [6, 6.07) is 3.49. The molecule has 30 heavy (non-hydrogen) atoms. The van der Waals surface area contributed by atoms with Crippen LogP contribution in [0.1, 0.15) is 18.5 Å². The zero-order valence-corrected chi connectivity index (χ0v) is 15.2. The lowest BCUT2D eigenvalue weighted by Crippen LogP contribution is -2.39. The van der Waals surface area contributed by atoms with E-state index in [4.69, 9.17) is 4.84 Å². The third-order valence-corrected chi connectivity index (χ3v) is 5.11. The van der Waals surface area contributed by atoms with Gasteiger partial charge in [0.1, 0.15) is 29.0 Å². The van der Waals surface area contributed by atoms with Crippen molar-refractivity contribution in [3.05, 3.63) is 53.6 Å². The fourth-order valence-corrected chi connectivity index (χ4v) is 3.63. The lowest BCUT2D eigenvalue weighted by atomic mass is 9.88. The first-order valence-corrected chi connectivity index (χ1v) is 8.89. The lowest BCUT2D eigenvalue weighted by molar-refractivity contribution is -0.131. The molecule has 1 aromatic heterocycles. The summed E-state index contributed by atoms with van der Waals surface area (Å²) in [6.07, 6.45) is -3.86. The topological polar surface area (TPSA) is 37.7 Å². The average Bonchev–Trinajstić information content (AvgIpc) is 3.26. The quantitative estimate of drug-likeness (QED) is 0.659. The minimum absolute atomic E-state index is 0.125. The Morgan fingerprint density at radius 3 is 2.40 bits per heavy atom. The third-order valence-electron chi connectivity index (χ3n) is 5.11. The van der Waals surface area contributed by atoms with Gasteiger partial charge < -0.3 is 9.74 Å². The van der Waals surface area contributed by atoms with Crippen molar-refractivity contribution < 1.29 is 35.6 Å². The predicted molar refractivity (Wildman–Crippen MR) is 91.5 cm³/mol. The zero-order valence-electron chi connectivity index (χ0n) is 15.2. The second-order valence-corrected chi connectivity index (χ2v) is 7.14. The maximum absolute atomic E-state index is 14.3. The number of benzene rings is 1. The molecule has 2 aromatic rings. The van der Waals surface area contributed by atoms with E-state index >= 15 is 0 Å². The maximum atomic E-state index is 14.3. The number of halogens is 7. The number of nitrogens with zero attached hydrogens (tertiary/aromatic N) is 3. The Bertz CT molecular complexity index is 993. The number of aromatic nitrogens is 1. The van der Waals surface area contributed by atoms with Gasteiger partial charge in [-0.15, -0.1) is 0 Å². The summed E-state index contributed by atoms with van der Waals surface area (Å²) in [5, 5.41) is 3.54. The van der Waals surface area contributed by atoms with Crippen LogP contribution in [-0.2, 0) is 10.4 Å². The molecule has 0 spiro atoms. The minimum Gasteiger partial charge on any atom is -0.374 e. The molecule has 2 aliphatic heterocycles. The van der Waals surface area contributed by atoms with Gasteiger partial charge in [0.05, 0.1) is 24.7 Å². The van der Waals surface area contributed by atoms with Crippen LogP contribution in [-0.4, -0.2) is 41.2 Å². The summed E-state index contributed by atoms with van der Waals surface area (Å²) < 4.78 is 98.0. The molecule has 0 saturated carbocycles. The molecule has 1 unspecified atom stereocenters. The number of pyridine rings is 1. The molecular formula is C19H14F7N3O. The number of likely N-dealkylation sites (tertiary alicyclic amines) is 1. The van der Waals surface area contributed by atoms with Crippen molar-refractivity contribution in [2.75, 3.05) is 13.1 Å². The van der Waals surface area contributed by atoms with Crippen LogP contribution in [0.25, 0.3) is 11.1 Å². The van der Waals surface area contributed by atoms with Gasteiger partial charge in [-0.05, 0) is 18.2 Å². The van der Waals surface area contributed by atoms with Crippen molar-refractivity contribution in [3.8, 4) is 11.1 Å². The van der Waals surface area contributed by atoms with Gasteiger partial charge in [-0.2, -0.15) is 0 Å². The van der Waals surface area contributed by atoms with Crippen LogP contribution in [0.3, 0.4) is 0 Å². The van der Waals surface area contributed by atoms with E-state index in [1.807, 2.05) is 0 Å². The number of hydrogen-bond acceptors (Lipinski definition) is 4. The second kappa shape index (κ2) is 7.13. The Kier molecular flexibility index (Phi) is 4.86. The van der Waals surface area contributed by atoms with E-state index in [-0.39, 0.29) is 12.4 Å². The molecule has 4 rings (SSSR count). The highest BCUT2D eigenvalue weighted by molar-refractivity contribution is 5.85. The van der Waals surface area contributed by atoms with Gasteiger partial charge in [0.25, 0.3) is 12.3 Å². The normalized spacial score (nSPS) is 23.1. The fraction of sp³-hybridized carbons (Fsp3) is 0.368. The van der Waals surface area contributed by atoms with Gasteiger partial charge in [-0.3, -0.25) is 4.98 Å². The zero-order chi connectivity index (χ0) is 21.7. The first-order chi connectivity index (χ1) is 14.1. The van der Waals surface area contributed by atoms with Gasteiger partial charge >= 0.3 is 0 Å². The second-order valence-electron chi connectivity index (χ2n) is 7.14. The molecular weight excluding hydrogens is 419 g/mol. The first kappa shape index (κ1) is 20.4. The minimum atomic E-state index is -3.31. The van der Waals surface area contributed by atoms with E-state index in [9.17, 15) is 30.7 Å². The van der Waals surface area contributed by atoms with E-state index in [0.717, 1.165) is 23.1 Å². The van der Waals surface area contributed by atoms with Crippen molar-refractivity contribution >= 4 is 5.84 Å². The average molecular weight is 433 g/mol. The highest BCUT2D eigenvalue weighted by Gasteiger charge is 2.55. The van der Waals surface area contributed by atoms with Crippen molar-refractivity contribution in [1.29, 1.82) is 0 Å². The summed E-state index contributed by atoms with van der Waals surface area (Å²) >= 11 is 0. The van der Waals surface area contributed by atoms with Crippen LogP contribution in [0.5, 0.6) is 0 Å². The molecule has 1 fully saturated rings. The van der Waals surface area contributed by atoms with Gasteiger partial charge in [-0.1, -0.05) is 11.2 Å².